The van der Waals surface area contributed by atoms with Crippen molar-refractivity contribution in [3.63, 3.8) is 0 Å². The van der Waals surface area contributed by atoms with E-state index in [0.717, 1.165) is 17.3 Å². The highest BCUT2D eigenvalue weighted by molar-refractivity contribution is 5.92. The number of amides is 2. The van der Waals surface area contributed by atoms with Crippen LogP contribution in [0.2, 0.25) is 0 Å². The van der Waals surface area contributed by atoms with E-state index in [1.54, 1.807) is 0 Å². The molecule has 1 aromatic heterocycles. The van der Waals surface area contributed by atoms with Gasteiger partial charge in [-0.25, -0.2) is 4.79 Å². The lowest BCUT2D eigenvalue weighted by molar-refractivity contribution is 0.162. The third-order valence-electron chi connectivity index (χ3n) is 3.43. The molecule has 0 aliphatic rings. The Morgan fingerprint density at radius 3 is 2.86 bits per heavy atom. The summed E-state index contributed by atoms with van der Waals surface area (Å²) in [5.74, 6) is 0. The summed E-state index contributed by atoms with van der Waals surface area (Å²) in [5.41, 5.74) is 1.61. The first-order chi connectivity index (χ1) is 10.5. The molecule has 6 heteroatoms. The molecule has 2 rings (SSSR count). The van der Waals surface area contributed by atoms with Gasteiger partial charge in [0.15, 0.2) is 0 Å². The predicted octanol–water partition coefficient (Wildman–Crippen LogP) is 2.90. The molecule has 0 spiro atoms. The van der Waals surface area contributed by atoms with Crippen molar-refractivity contribution in [3.8, 4) is 0 Å². The molecule has 22 heavy (non-hydrogen) atoms. The van der Waals surface area contributed by atoms with Crippen LogP contribution >= 0.6 is 0 Å². The number of anilines is 1. The summed E-state index contributed by atoms with van der Waals surface area (Å²) >= 11 is 0. The zero-order chi connectivity index (χ0) is 16.1. The van der Waals surface area contributed by atoms with E-state index in [0.29, 0.717) is 18.2 Å². The van der Waals surface area contributed by atoms with Crippen LogP contribution in [-0.2, 0) is 0 Å². The second-order valence-corrected chi connectivity index (χ2v) is 5.75. The molecule has 0 aliphatic heterocycles. The summed E-state index contributed by atoms with van der Waals surface area (Å²) < 4.78 is 1.90. The number of urea groups is 1. The fourth-order valence-electron chi connectivity index (χ4n) is 2.21. The first kappa shape index (κ1) is 16.3. The lowest BCUT2D eigenvalue weighted by Gasteiger charge is -2.11. The monoisotopic (exact) mass is 304 g/mol. The molecule has 0 radical (unpaired) electrons. The minimum Gasteiger partial charge on any atom is -0.391 e. The Kier molecular flexibility index (Phi) is 5.38. The van der Waals surface area contributed by atoms with Gasteiger partial charge in [0.2, 0.25) is 0 Å². The standard InChI is InChI=1S/C16H24N4O2/c1-4-5-14(21)9-17-16(22)18-13-6-7-15-12(8-13)10-20(19-15)11(2)3/h6-8,10-11,14,21H,4-5,9H2,1-3H3,(H2,17,18,22). The van der Waals surface area contributed by atoms with Crippen LogP contribution in [0.4, 0.5) is 10.5 Å². The molecule has 3 N–H and O–H groups in total. The quantitative estimate of drug-likeness (QED) is 0.767. The third-order valence-corrected chi connectivity index (χ3v) is 3.43. The van der Waals surface area contributed by atoms with Crippen LogP contribution < -0.4 is 10.6 Å². The second-order valence-electron chi connectivity index (χ2n) is 5.75. The molecule has 0 aliphatic carbocycles. The van der Waals surface area contributed by atoms with Gasteiger partial charge in [0.1, 0.15) is 0 Å². The van der Waals surface area contributed by atoms with E-state index in [-0.39, 0.29) is 12.6 Å². The maximum absolute atomic E-state index is 11.8. The van der Waals surface area contributed by atoms with Gasteiger partial charge in [0.25, 0.3) is 0 Å². The van der Waals surface area contributed by atoms with E-state index in [9.17, 15) is 9.90 Å². The van der Waals surface area contributed by atoms with E-state index >= 15 is 0 Å². The van der Waals surface area contributed by atoms with Gasteiger partial charge in [-0.3, -0.25) is 4.68 Å². The number of nitrogens with one attached hydrogen (secondary N) is 2. The number of carbonyl (C=O) groups excluding carboxylic acids is 1. The van der Waals surface area contributed by atoms with Gasteiger partial charge in [-0.05, 0) is 38.5 Å². The predicted molar refractivity (Wildman–Crippen MR) is 88.1 cm³/mol. The summed E-state index contributed by atoms with van der Waals surface area (Å²) in [6.45, 7) is 6.39. The lowest BCUT2D eigenvalue weighted by atomic mass is 10.2. The number of hydrogen-bond acceptors (Lipinski definition) is 3. The minimum absolute atomic E-state index is 0.257. The van der Waals surface area contributed by atoms with E-state index in [2.05, 4.69) is 29.6 Å². The highest BCUT2D eigenvalue weighted by Gasteiger charge is 2.08. The normalized spacial score (nSPS) is 12.6. The third kappa shape index (κ3) is 4.21. The Balaban J connectivity index is 1.97. The number of hydrogen-bond donors (Lipinski definition) is 3. The van der Waals surface area contributed by atoms with E-state index in [4.69, 9.17) is 0 Å². The summed E-state index contributed by atoms with van der Waals surface area (Å²) in [6.07, 6.45) is 3.04. The van der Waals surface area contributed by atoms with Crippen molar-refractivity contribution < 1.29 is 9.90 Å². The number of rotatable bonds is 6. The summed E-state index contributed by atoms with van der Waals surface area (Å²) in [4.78, 5) is 11.8. The highest BCUT2D eigenvalue weighted by atomic mass is 16.3. The van der Waals surface area contributed by atoms with Crippen LogP contribution in [0.25, 0.3) is 10.9 Å². The van der Waals surface area contributed by atoms with E-state index in [1.165, 1.54) is 0 Å². The van der Waals surface area contributed by atoms with Gasteiger partial charge in [0.05, 0.1) is 11.6 Å². The van der Waals surface area contributed by atoms with Crippen molar-refractivity contribution in [1.29, 1.82) is 0 Å². The molecular formula is C16H24N4O2. The maximum Gasteiger partial charge on any atom is 0.319 e. The smallest absolute Gasteiger partial charge is 0.319 e. The number of aliphatic hydroxyl groups is 1. The molecule has 6 nitrogen and oxygen atoms in total. The number of benzene rings is 1. The Labute approximate surface area is 130 Å². The largest absolute Gasteiger partial charge is 0.391 e. The molecule has 0 bridgehead atoms. The van der Waals surface area contributed by atoms with E-state index < -0.39 is 6.10 Å². The number of aliphatic hydroxyl groups excluding tert-OH is 1. The Hall–Kier alpha value is -2.08. The first-order valence-electron chi connectivity index (χ1n) is 7.71. The van der Waals surface area contributed by atoms with Crippen LogP contribution in [0.5, 0.6) is 0 Å². The molecular weight excluding hydrogens is 280 g/mol. The van der Waals surface area contributed by atoms with Crippen molar-refractivity contribution in [2.24, 2.45) is 0 Å². The van der Waals surface area contributed by atoms with Crippen molar-refractivity contribution in [2.45, 2.75) is 45.8 Å². The molecule has 0 saturated heterocycles. The fourth-order valence-corrected chi connectivity index (χ4v) is 2.21. The molecule has 1 aromatic carbocycles. The van der Waals surface area contributed by atoms with Crippen LogP contribution in [0.1, 0.15) is 39.7 Å². The van der Waals surface area contributed by atoms with Gasteiger partial charge in [0, 0.05) is 29.9 Å². The van der Waals surface area contributed by atoms with Crippen molar-refractivity contribution in [2.75, 3.05) is 11.9 Å². The second kappa shape index (κ2) is 7.26. The zero-order valence-corrected chi connectivity index (χ0v) is 13.3. The van der Waals surface area contributed by atoms with Gasteiger partial charge < -0.3 is 15.7 Å². The van der Waals surface area contributed by atoms with Gasteiger partial charge in [-0.2, -0.15) is 5.10 Å². The van der Waals surface area contributed by atoms with Crippen LogP contribution in [0.15, 0.2) is 24.4 Å². The van der Waals surface area contributed by atoms with Crippen LogP contribution in [-0.4, -0.2) is 33.6 Å². The lowest BCUT2D eigenvalue weighted by Crippen LogP contribution is -2.35. The average molecular weight is 304 g/mol. The molecule has 1 atom stereocenters. The maximum atomic E-state index is 11.8. The number of aromatic nitrogens is 2. The first-order valence-corrected chi connectivity index (χ1v) is 7.71. The molecule has 0 saturated carbocycles. The zero-order valence-electron chi connectivity index (χ0n) is 13.3. The summed E-state index contributed by atoms with van der Waals surface area (Å²) in [6, 6.07) is 5.58. The fraction of sp³-hybridized carbons (Fsp3) is 0.500. The SMILES string of the molecule is CCCC(O)CNC(=O)Nc1ccc2nn(C(C)C)cc2c1. The molecule has 120 valence electrons. The molecule has 2 amide bonds. The average Bonchev–Trinajstić information content (AvgIpc) is 2.89. The summed E-state index contributed by atoms with van der Waals surface area (Å²) in [7, 11) is 0. The van der Waals surface area contributed by atoms with Crippen molar-refractivity contribution in [3.05, 3.63) is 24.4 Å². The topological polar surface area (TPSA) is 79.2 Å². The minimum atomic E-state index is -0.498. The van der Waals surface area contributed by atoms with Crippen molar-refractivity contribution in [1.82, 2.24) is 15.1 Å². The number of nitrogens with zero attached hydrogens (tertiary/aromatic N) is 2. The molecule has 2 aromatic rings. The van der Waals surface area contributed by atoms with Crippen LogP contribution in [0.3, 0.4) is 0 Å². The van der Waals surface area contributed by atoms with Crippen LogP contribution in [0, 0.1) is 0 Å². The van der Waals surface area contributed by atoms with Gasteiger partial charge >= 0.3 is 6.03 Å². The Morgan fingerprint density at radius 1 is 1.41 bits per heavy atom. The highest BCUT2D eigenvalue weighted by Crippen LogP contribution is 2.19. The Morgan fingerprint density at radius 2 is 2.18 bits per heavy atom. The van der Waals surface area contributed by atoms with Crippen molar-refractivity contribution >= 4 is 22.6 Å². The van der Waals surface area contributed by atoms with Gasteiger partial charge in [-0.1, -0.05) is 13.3 Å². The number of fused-ring (bicyclic) bond motifs is 1. The summed E-state index contributed by atoms with van der Waals surface area (Å²) in [5, 5.41) is 20.5. The van der Waals surface area contributed by atoms with E-state index in [1.807, 2.05) is 36.0 Å². The molecule has 1 unspecified atom stereocenters. The molecule has 1 heterocycles. The molecule has 0 fully saturated rings. The number of carbonyl (C=O) groups is 1. The van der Waals surface area contributed by atoms with Gasteiger partial charge in [-0.15, -0.1) is 0 Å². The Bertz CT molecular complexity index is 636.